The summed E-state index contributed by atoms with van der Waals surface area (Å²) >= 11 is 0. The first-order chi connectivity index (χ1) is 18.0. The summed E-state index contributed by atoms with van der Waals surface area (Å²) in [5.41, 5.74) is 1.53. The zero-order chi connectivity index (χ0) is 26.2. The van der Waals surface area contributed by atoms with Gasteiger partial charge < -0.3 is 34.6 Å². The van der Waals surface area contributed by atoms with E-state index in [0.29, 0.717) is 25.2 Å². The van der Waals surface area contributed by atoms with Crippen molar-refractivity contribution >= 4 is 17.9 Å². The number of ether oxygens (including phenoxy) is 1. The van der Waals surface area contributed by atoms with Gasteiger partial charge in [-0.2, -0.15) is 0 Å². The number of carbonyl (C=O) groups excluding carboxylic acids is 3. The molecule has 2 heterocycles. The Bertz CT molecular complexity index is 1210. The van der Waals surface area contributed by atoms with E-state index < -0.39 is 30.6 Å². The highest BCUT2D eigenvalue weighted by Gasteiger charge is 2.29. The summed E-state index contributed by atoms with van der Waals surface area (Å²) in [6, 6.07) is 16.4. The molecule has 1 aromatic heterocycles. The van der Waals surface area contributed by atoms with Crippen LogP contribution in [0.1, 0.15) is 22.3 Å². The second kappa shape index (κ2) is 12.1. The van der Waals surface area contributed by atoms with Gasteiger partial charge in [0.25, 0.3) is 5.91 Å². The highest BCUT2D eigenvalue weighted by atomic mass is 16.6. The first-order valence-electron chi connectivity index (χ1n) is 12.1. The zero-order valence-corrected chi connectivity index (χ0v) is 20.3. The third kappa shape index (κ3) is 6.47. The van der Waals surface area contributed by atoms with Gasteiger partial charge in [0.1, 0.15) is 18.4 Å². The Morgan fingerprint density at radius 3 is 2.35 bits per heavy atom. The maximum Gasteiger partial charge on any atom is 0.410 e. The molecule has 0 spiro atoms. The molecule has 2 aromatic carbocycles. The number of hydrogen-bond acceptors (Lipinski definition) is 6. The van der Waals surface area contributed by atoms with Gasteiger partial charge in [-0.1, -0.05) is 30.3 Å². The molecule has 3 amide bonds. The summed E-state index contributed by atoms with van der Waals surface area (Å²) in [5.74, 6) is -1.38. The highest BCUT2D eigenvalue weighted by Crippen LogP contribution is 2.21. The van der Waals surface area contributed by atoms with Crippen molar-refractivity contribution in [3.63, 3.8) is 0 Å². The molecule has 4 rings (SSSR count). The second-order valence-corrected chi connectivity index (χ2v) is 8.71. The fourth-order valence-electron chi connectivity index (χ4n) is 4.15. The van der Waals surface area contributed by atoms with E-state index in [2.05, 4.69) is 5.32 Å². The topological polar surface area (TPSA) is 124 Å². The number of benzene rings is 2. The molecule has 3 aromatic rings. The number of nitrogens with zero attached hydrogens (tertiary/aromatic N) is 3. The largest absolute Gasteiger partial charge is 0.507 e. The van der Waals surface area contributed by atoms with Crippen molar-refractivity contribution in [2.45, 2.75) is 19.1 Å². The van der Waals surface area contributed by atoms with E-state index in [1.807, 2.05) is 42.5 Å². The van der Waals surface area contributed by atoms with E-state index in [9.17, 15) is 24.6 Å². The standard InChI is InChI=1S/C27H30N4O6/c32-18-23(28-25(34)22-17-21(9-10-24(22)33)29-11-4-5-12-29)26(35)30-13-6-14-31(16-15-30)27(36)37-19-20-7-2-1-3-8-20/h1-5,7-12,17,23,32-33H,6,13-16,18-19H2,(H,28,34)/t23-/m0/s1. The number of aromatic nitrogens is 1. The van der Waals surface area contributed by atoms with Crippen LogP contribution >= 0.6 is 0 Å². The van der Waals surface area contributed by atoms with Gasteiger partial charge in [0.05, 0.1) is 12.2 Å². The maximum absolute atomic E-state index is 13.1. The lowest BCUT2D eigenvalue weighted by Gasteiger charge is -2.26. The predicted molar refractivity (Wildman–Crippen MR) is 135 cm³/mol. The average molecular weight is 507 g/mol. The molecule has 1 aliphatic rings. The highest BCUT2D eigenvalue weighted by molar-refractivity contribution is 6.00. The smallest absolute Gasteiger partial charge is 0.410 e. The number of carbonyl (C=O) groups is 3. The summed E-state index contributed by atoms with van der Waals surface area (Å²) in [7, 11) is 0. The lowest BCUT2D eigenvalue weighted by atomic mass is 10.1. The molecule has 1 atom stereocenters. The monoisotopic (exact) mass is 506 g/mol. The van der Waals surface area contributed by atoms with E-state index in [4.69, 9.17) is 4.74 Å². The molecular weight excluding hydrogens is 476 g/mol. The van der Waals surface area contributed by atoms with Crippen molar-refractivity contribution < 1.29 is 29.3 Å². The second-order valence-electron chi connectivity index (χ2n) is 8.71. The molecule has 1 saturated heterocycles. The Hall–Kier alpha value is -4.31. The number of nitrogens with one attached hydrogen (secondary N) is 1. The van der Waals surface area contributed by atoms with Crippen molar-refractivity contribution in [1.82, 2.24) is 19.7 Å². The van der Waals surface area contributed by atoms with Crippen LogP contribution in [-0.4, -0.2) is 81.3 Å². The quantitative estimate of drug-likeness (QED) is 0.451. The van der Waals surface area contributed by atoms with Gasteiger partial charge in [-0.3, -0.25) is 9.59 Å². The molecule has 1 fully saturated rings. The maximum atomic E-state index is 13.1. The van der Waals surface area contributed by atoms with Gasteiger partial charge in [-0.25, -0.2) is 4.79 Å². The molecule has 3 N–H and O–H groups in total. The molecule has 0 bridgehead atoms. The van der Waals surface area contributed by atoms with Gasteiger partial charge in [0, 0.05) is 44.3 Å². The number of phenols is 1. The molecule has 0 unspecified atom stereocenters. The fourth-order valence-corrected chi connectivity index (χ4v) is 4.15. The van der Waals surface area contributed by atoms with Crippen LogP contribution in [0.2, 0.25) is 0 Å². The minimum atomic E-state index is -1.20. The SMILES string of the molecule is O=C(N[C@@H](CO)C(=O)N1CCCN(C(=O)OCc2ccccc2)CC1)c1cc(-n2cccc2)ccc1O. The number of phenolic OH excluding ortho intramolecular Hbond substituents is 1. The van der Waals surface area contributed by atoms with E-state index >= 15 is 0 Å². The van der Waals surface area contributed by atoms with E-state index in [-0.39, 0.29) is 31.0 Å². The Balaban J connectivity index is 1.34. The summed E-state index contributed by atoms with van der Waals surface area (Å²) in [6.45, 7) is 0.846. The van der Waals surface area contributed by atoms with Crippen molar-refractivity contribution in [3.8, 4) is 11.4 Å². The number of aliphatic hydroxyl groups is 1. The summed E-state index contributed by atoms with van der Waals surface area (Å²) < 4.78 is 7.17. The Morgan fingerprint density at radius 1 is 0.919 bits per heavy atom. The molecule has 37 heavy (non-hydrogen) atoms. The van der Waals surface area contributed by atoms with Crippen LogP contribution in [0.15, 0.2) is 73.1 Å². The zero-order valence-electron chi connectivity index (χ0n) is 20.3. The van der Waals surface area contributed by atoms with Crippen LogP contribution in [0.5, 0.6) is 5.75 Å². The normalized spacial score (nSPS) is 14.5. The van der Waals surface area contributed by atoms with E-state index in [1.54, 1.807) is 27.9 Å². The summed E-state index contributed by atoms with van der Waals surface area (Å²) in [4.78, 5) is 41.6. The summed E-state index contributed by atoms with van der Waals surface area (Å²) in [5, 5.41) is 22.6. The molecule has 194 valence electrons. The van der Waals surface area contributed by atoms with Gasteiger partial charge in [0.2, 0.25) is 5.91 Å². The van der Waals surface area contributed by atoms with Crippen LogP contribution in [0.25, 0.3) is 5.69 Å². The lowest BCUT2D eigenvalue weighted by molar-refractivity contribution is -0.134. The molecule has 0 aliphatic carbocycles. The Labute approximate surface area is 214 Å². The van der Waals surface area contributed by atoms with Gasteiger partial charge in [-0.05, 0) is 42.3 Å². The number of amides is 3. The number of aliphatic hydroxyl groups excluding tert-OH is 1. The van der Waals surface area contributed by atoms with Crippen LogP contribution in [0.4, 0.5) is 4.79 Å². The lowest BCUT2D eigenvalue weighted by Crippen LogP contribution is -2.51. The first-order valence-corrected chi connectivity index (χ1v) is 12.1. The van der Waals surface area contributed by atoms with E-state index in [0.717, 1.165) is 5.56 Å². The molecule has 10 nitrogen and oxygen atoms in total. The third-order valence-corrected chi connectivity index (χ3v) is 6.18. The van der Waals surface area contributed by atoms with Crippen LogP contribution < -0.4 is 5.32 Å². The van der Waals surface area contributed by atoms with Gasteiger partial charge >= 0.3 is 6.09 Å². The van der Waals surface area contributed by atoms with Crippen molar-refractivity contribution in [2.24, 2.45) is 0 Å². The van der Waals surface area contributed by atoms with Crippen LogP contribution in [0, 0.1) is 0 Å². The molecule has 0 saturated carbocycles. The number of rotatable bonds is 7. The van der Waals surface area contributed by atoms with Gasteiger partial charge in [0.15, 0.2) is 0 Å². The molecule has 0 radical (unpaired) electrons. The minimum Gasteiger partial charge on any atom is -0.507 e. The van der Waals surface area contributed by atoms with E-state index in [1.165, 1.54) is 17.0 Å². The number of hydrogen-bond donors (Lipinski definition) is 3. The van der Waals surface area contributed by atoms with Crippen molar-refractivity contribution in [1.29, 1.82) is 0 Å². The van der Waals surface area contributed by atoms with Crippen molar-refractivity contribution in [3.05, 3.63) is 84.2 Å². The third-order valence-electron chi connectivity index (χ3n) is 6.18. The molecule has 10 heteroatoms. The van der Waals surface area contributed by atoms with Crippen molar-refractivity contribution in [2.75, 3.05) is 32.8 Å². The first kappa shape index (κ1) is 25.8. The number of aromatic hydroxyl groups is 1. The molecular formula is C27H30N4O6. The average Bonchev–Trinajstić information content (AvgIpc) is 3.35. The molecule has 1 aliphatic heterocycles. The summed E-state index contributed by atoms with van der Waals surface area (Å²) in [6.07, 6.45) is 3.67. The Kier molecular flexibility index (Phi) is 8.42. The predicted octanol–water partition coefficient (Wildman–Crippen LogP) is 2.14. The Morgan fingerprint density at radius 2 is 1.62 bits per heavy atom. The van der Waals surface area contributed by atoms with Crippen LogP contribution in [0.3, 0.4) is 0 Å². The minimum absolute atomic E-state index is 0.0133. The van der Waals surface area contributed by atoms with Crippen LogP contribution in [-0.2, 0) is 16.1 Å². The fraction of sp³-hybridized carbons (Fsp3) is 0.296. The van der Waals surface area contributed by atoms with Gasteiger partial charge in [-0.15, -0.1) is 0 Å².